The van der Waals surface area contributed by atoms with Gasteiger partial charge in [-0.15, -0.1) is 0 Å². The van der Waals surface area contributed by atoms with E-state index in [0.717, 1.165) is 41.7 Å². The number of nitrogens with zero attached hydrogens (tertiary/aromatic N) is 2. The predicted octanol–water partition coefficient (Wildman–Crippen LogP) is 4.31. The monoisotopic (exact) mass is 339 g/mol. The highest BCUT2D eigenvalue weighted by Crippen LogP contribution is 2.29. The molecule has 0 bridgehead atoms. The third-order valence-corrected chi connectivity index (χ3v) is 5.77. The summed E-state index contributed by atoms with van der Waals surface area (Å²) in [6.45, 7) is 8.73. The summed E-state index contributed by atoms with van der Waals surface area (Å²) in [5.41, 5.74) is 4.44. The molecule has 1 aromatic carbocycles. The maximum absolute atomic E-state index is 12.7. The molecule has 0 radical (unpaired) electrons. The Bertz CT molecular complexity index is 771. The van der Waals surface area contributed by atoms with Gasteiger partial charge in [-0.2, -0.15) is 0 Å². The highest BCUT2D eigenvalue weighted by Gasteiger charge is 2.28. The van der Waals surface area contributed by atoms with Crippen LogP contribution in [0.25, 0.3) is 11.0 Å². The Balaban J connectivity index is 1.84. The van der Waals surface area contributed by atoms with Crippen molar-refractivity contribution in [1.29, 1.82) is 0 Å². The Morgan fingerprint density at radius 2 is 1.76 bits per heavy atom. The highest BCUT2D eigenvalue weighted by molar-refractivity contribution is 5.97. The fourth-order valence-electron chi connectivity index (χ4n) is 3.87. The fourth-order valence-corrected chi connectivity index (χ4v) is 3.87. The van der Waals surface area contributed by atoms with Gasteiger partial charge in [0.1, 0.15) is 0 Å². The summed E-state index contributed by atoms with van der Waals surface area (Å²) in [6.07, 6.45) is 5.27. The average Bonchev–Trinajstić information content (AvgIpc) is 2.63. The van der Waals surface area contributed by atoms with Gasteiger partial charge >= 0.3 is 0 Å². The third kappa shape index (κ3) is 3.68. The molecular weight excluding hydrogens is 310 g/mol. The van der Waals surface area contributed by atoms with Crippen molar-refractivity contribution in [3.63, 3.8) is 0 Å². The Hall–Kier alpha value is -1.97. The predicted molar refractivity (Wildman–Crippen MR) is 102 cm³/mol. The van der Waals surface area contributed by atoms with Gasteiger partial charge in [0.25, 0.3) is 5.91 Å². The molecule has 1 amide bonds. The van der Waals surface area contributed by atoms with E-state index in [4.69, 9.17) is 9.97 Å². The molecule has 0 spiro atoms. The van der Waals surface area contributed by atoms with Gasteiger partial charge in [-0.3, -0.25) is 4.79 Å². The van der Waals surface area contributed by atoms with Gasteiger partial charge in [-0.05, 0) is 49.3 Å². The number of benzene rings is 1. The number of amides is 1. The summed E-state index contributed by atoms with van der Waals surface area (Å²) in [6, 6.07) is 5.94. The average molecular weight is 339 g/mol. The molecule has 3 atom stereocenters. The minimum Gasteiger partial charge on any atom is -0.349 e. The van der Waals surface area contributed by atoms with Gasteiger partial charge in [-0.25, -0.2) is 9.97 Å². The second-order valence-electron chi connectivity index (χ2n) is 7.37. The molecule has 1 N–H and O–H groups in total. The Morgan fingerprint density at radius 3 is 2.44 bits per heavy atom. The van der Waals surface area contributed by atoms with E-state index in [1.807, 2.05) is 18.2 Å². The van der Waals surface area contributed by atoms with Crippen molar-refractivity contribution in [3.8, 4) is 0 Å². The SMILES string of the molecule is CCc1nc2ccc(C(=O)N[C@@H]3CCC[C@@H](C)[C@@H]3C)cc2nc1CC. The number of carbonyl (C=O) groups excluding carboxylic acids is 1. The second-order valence-corrected chi connectivity index (χ2v) is 7.37. The zero-order chi connectivity index (χ0) is 18.0. The number of carbonyl (C=O) groups is 1. The summed E-state index contributed by atoms with van der Waals surface area (Å²) in [7, 11) is 0. The van der Waals surface area contributed by atoms with Crippen LogP contribution in [0, 0.1) is 11.8 Å². The number of fused-ring (bicyclic) bond motifs is 1. The van der Waals surface area contributed by atoms with Crippen LogP contribution in [0.4, 0.5) is 0 Å². The van der Waals surface area contributed by atoms with Crippen molar-refractivity contribution in [2.24, 2.45) is 11.8 Å². The van der Waals surface area contributed by atoms with Gasteiger partial charge in [0, 0.05) is 11.6 Å². The van der Waals surface area contributed by atoms with Crippen LogP contribution in [-0.2, 0) is 12.8 Å². The topological polar surface area (TPSA) is 54.9 Å². The molecule has 1 aliphatic rings. The van der Waals surface area contributed by atoms with Crippen LogP contribution in [0.5, 0.6) is 0 Å². The Labute approximate surface area is 150 Å². The molecule has 134 valence electrons. The van der Waals surface area contributed by atoms with Gasteiger partial charge in [0.2, 0.25) is 0 Å². The smallest absolute Gasteiger partial charge is 0.251 e. The molecule has 25 heavy (non-hydrogen) atoms. The number of rotatable bonds is 4. The van der Waals surface area contributed by atoms with E-state index < -0.39 is 0 Å². The first-order chi connectivity index (χ1) is 12.0. The maximum atomic E-state index is 12.7. The number of aryl methyl sites for hydroxylation is 2. The first-order valence-corrected chi connectivity index (χ1v) is 9.63. The van der Waals surface area contributed by atoms with E-state index in [-0.39, 0.29) is 11.9 Å². The van der Waals surface area contributed by atoms with Crippen LogP contribution in [-0.4, -0.2) is 21.9 Å². The van der Waals surface area contributed by atoms with Crippen molar-refractivity contribution in [1.82, 2.24) is 15.3 Å². The molecule has 1 heterocycles. The molecule has 2 aromatic rings. The number of hydrogen-bond acceptors (Lipinski definition) is 3. The lowest BCUT2D eigenvalue weighted by Crippen LogP contribution is -2.43. The van der Waals surface area contributed by atoms with Crippen molar-refractivity contribution >= 4 is 16.9 Å². The Kier molecular flexibility index (Phi) is 5.36. The minimum absolute atomic E-state index is 0.00673. The van der Waals surface area contributed by atoms with E-state index in [1.54, 1.807) is 0 Å². The van der Waals surface area contributed by atoms with Crippen LogP contribution in [0.2, 0.25) is 0 Å². The van der Waals surface area contributed by atoms with Gasteiger partial charge in [0.05, 0.1) is 22.4 Å². The van der Waals surface area contributed by atoms with Crippen LogP contribution in [0.1, 0.15) is 68.7 Å². The normalized spacial score (nSPS) is 23.6. The van der Waals surface area contributed by atoms with Gasteiger partial charge < -0.3 is 5.32 Å². The maximum Gasteiger partial charge on any atom is 0.251 e. The van der Waals surface area contributed by atoms with E-state index in [1.165, 1.54) is 12.8 Å². The van der Waals surface area contributed by atoms with E-state index in [9.17, 15) is 4.79 Å². The molecule has 4 heteroatoms. The van der Waals surface area contributed by atoms with Gasteiger partial charge in [0.15, 0.2) is 0 Å². The second kappa shape index (κ2) is 7.51. The quantitative estimate of drug-likeness (QED) is 0.903. The molecule has 0 unspecified atom stereocenters. The zero-order valence-corrected chi connectivity index (χ0v) is 15.8. The van der Waals surface area contributed by atoms with E-state index in [0.29, 0.717) is 17.4 Å². The molecule has 3 rings (SSSR count). The lowest BCUT2D eigenvalue weighted by atomic mass is 9.78. The van der Waals surface area contributed by atoms with Crippen molar-refractivity contribution in [2.45, 2.75) is 65.8 Å². The molecule has 1 aliphatic carbocycles. The molecule has 0 saturated heterocycles. The standard InChI is InChI=1S/C21H29N3O/c1-5-16-17(6-2)23-20-12-15(10-11-19(20)22-16)21(25)24-18-9-7-8-13(3)14(18)4/h10-14,18H,5-9H2,1-4H3,(H,24,25)/t13-,14+,18-/m1/s1. The van der Waals surface area contributed by atoms with E-state index in [2.05, 4.69) is 33.0 Å². The fraction of sp³-hybridized carbons (Fsp3) is 0.571. The zero-order valence-electron chi connectivity index (χ0n) is 15.8. The van der Waals surface area contributed by atoms with Crippen LogP contribution < -0.4 is 5.32 Å². The molecule has 0 aliphatic heterocycles. The number of hydrogen-bond donors (Lipinski definition) is 1. The number of aromatic nitrogens is 2. The van der Waals surface area contributed by atoms with Crippen molar-refractivity contribution in [2.75, 3.05) is 0 Å². The summed E-state index contributed by atoms with van der Waals surface area (Å²) >= 11 is 0. The lowest BCUT2D eigenvalue weighted by molar-refractivity contribution is 0.0891. The van der Waals surface area contributed by atoms with Crippen LogP contribution in [0.3, 0.4) is 0 Å². The van der Waals surface area contributed by atoms with Crippen LogP contribution >= 0.6 is 0 Å². The van der Waals surface area contributed by atoms with Crippen LogP contribution in [0.15, 0.2) is 18.2 Å². The molecule has 1 aromatic heterocycles. The van der Waals surface area contributed by atoms with Gasteiger partial charge in [-0.1, -0.05) is 40.5 Å². The first-order valence-electron chi connectivity index (χ1n) is 9.63. The summed E-state index contributed by atoms with van der Waals surface area (Å²) in [5.74, 6) is 1.20. The first kappa shape index (κ1) is 17.8. The minimum atomic E-state index is 0.00673. The molecule has 1 saturated carbocycles. The molecule has 1 fully saturated rings. The van der Waals surface area contributed by atoms with Crippen molar-refractivity contribution < 1.29 is 4.79 Å². The largest absolute Gasteiger partial charge is 0.349 e. The third-order valence-electron chi connectivity index (χ3n) is 5.77. The van der Waals surface area contributed by atoms with E-state index >= 15 is 0 Å². The van der Waals surface area contributed by atoms with Crippen molar-refractivity contribution in [3.05, 3.63) is 35.2 Å². The molecular formula is C21H29N3O. The summed E-state index contributed by atoms with van der Waals surface area (Å²) in [5, 5.41) is 3.24. The highest BCUT2D eigenvalue weighted by atomic mass is 16.1. The summed E-state index contributed by atoms with van der Waals surface area (Å²) < 4.78 is 0. The number of nitrogens with one attached hydrogen (secondary N) is 1. The molecule has 4 nitrogen and oxygen atoms in total. The summed E-state index contributed by atoms with van der Waals surface area (Å²) in [4.78, 5) is 22.2. The lowest BCUT2D eigenvalue weighted by Gasteiger charge is -2.34. The Morgan fingerprint density at radius 1 is 1.08 bits per heavy atom.